The van der Waals surface area contributed by atoms with Gasteiger partial charge >= 0.3 is 0 Å². The van der Waals surface area contributed by atoms with Gasteiger partial charge in [-0.05, 0) is 12.8 Å². The van der Waals surface area contributed by atoms with E-state index >= 15 is 0 Å². The maximum atomic E-state index is 11.5. The van der Waals surface area contributed by atoms with Gasteiger partial charge in [-0.2, -0.15) is 18.2 Å². The summed E-state index contributed by atoms with van der Waals surface area (Å²) in [6, 6.07) is 0. The van der Waals surface area contributed by atoms with E-state index in [-0.39, 0.29) is 5.75 Å². The standard InChI is InChI=1S/C16H35NO3S/c1-3-5-7-8-9-10-11-12-13-14-16-21(18,19)20-17-15-6-4-2/h17H,3-16H2,1-2H3. The molecule has 0 rings (SSSR count). The van der Waals surface area contributed by atoms with Crippen LogP contribution < -0.4 is 5.48 Å². The molecule has 0 aromatic rings. The zero-order chi connectivity index (χ0) is 15.8. The van der Waals surface area contributed by atoms with Gasteiger partial charge in [-0.15, -0.1) is 0 Å². The molecule has 0 heterocycles. The van der Waals surface area contributed by atoms with Crippen LogP contribution in [0.2, 0.25) is 0 Å². The smallest absolute Gasteiger partial charge is 0.198 e. The lowest BCUT2D eigenvalue weighted by Crippen LogP contribution is -2.23. The van der Waals surface area contributed by atoms with E-state index < -0.39 is 10.1 Å². The van der Waals surface area contributed by atoms with Crippen molar-refractivity contribution in [2.24, 2.45) is 0 Å². The van der Waals surface area contributed by atoms with Crippen molar-refractivity contribution in [3.05, 3.63) is 0 Å². The zero-order valence-electron chi connectivity index (χ0n) is 14.0. The van der Waals surface area contributed by atoms with Crippen molar-refractivity contribution in [1.29, 1.82) is 0 Å². The fraction of sp³-hybridized carbons (Fsp3) is 1.00. The van der Waals surface area contributed by atoms with Crippen LogP contribution in [-0.4, -0.2) is 20.7 Å². The first-order chi connectivity index (χ1) is 10.1. The van der Waals surface area contributed by atoms with E-state index in [0.717, 1.165) is 25.7 Å². The topological polar surface area (TPSA) is 55.4 Å². The van der Waals surface area contributed by atoms with Crippen LogP contribution in [-0.2, 0) is 14.4 Å². The Morgan fingerprint density at radius 3 is 1.71 bits per heavy atom. The van der Waals surface area contributed by atoms with Gasteiger partial charge in [0.05, 0.1) is 5.75 Å². The normalized spacial score (nSPS) is 11.9. The average molecular weight is 322 g/mol. The molecule has 128 valence electrons. The summed E-state index contributed by atoms with van der Waals surface area (Å²) in [7, 11) is -3.38. The highest BCUT2D eigenvalue weighted by atomic mass is 32.2. The molecule has 0 saturated heterocycles. The summed E-state index contributed by atoms with van der Waals surface area (Å²) in [6.07, 6.45) is 13.9. The lowest BCUT2D eigenvalue weighted by molar-refractivity contribution is 0.202. The molecule has 0 aromatic heterocycles. The summed E-state index contributed by atoms with van der Waals surface area (Å²) in [5, 5.41) is 0. The first kappa shape index (κ1) is 20.9. The number of rotatable bonds is 16. The third-order valence-corrected chi connectivity index (χ3v) is 4.73. The van der Waals surface area contributed by atoms with Gasteiger partial charge < -0.3 is 0 Å². The lowest BCUT2D eigenvalue weighted by Gasteiger charge is -2.06. The van der Waals surface area contributed by atoms with Crippen molar-refractivity contribution < 1.29 is 12.7 Å². The lowest BCUT2D eigenvalue weighted by atomic mass is 10.1. The molecule has 0 saturated carbocycles. The molecule has 4 nitrogen and oxygen atoms in total. The Morgan fingerprint density at radius 1 is 0.714 bits per heavy atom. The van der Waals surface area contributed by atoms with Crippen LogP contribution in [0.25, 0.3) is 0 Å². The van der Waals surface area contributed by atoms with Crippen LogP contribution in [0.1, 0.15) is 90.9 Å². The largest absolute Gasteiger partial charge is 0.283 e. The summed E-state index contributed by atoms with van der Waals surface area (Å²) < 4.78 is 27.8. The summed E-state index contributed by atoms with van der Waals surface area (Å²) in [5.41, 5.74) is 2.52. The van der Waals surface area contributed by atoms with Gasteiger partial charge in [0.2, 0.25) is 0 Å². The summed E-state index contributed by atoms with van der Waals surface area (Å²) in [4.78, 5) is 0. The molecule has 1 N–H and O–H groups in total. The first-order valence-electron chi connectivity index (χ1n) is 8.76. The van der Waals surface area contributed by atoms with Gasteiger partial charge in [0.1, 0.15) is 0 Å². The number of nitrogens with one attached hydrogen (secondary N) is 1. The third kappa shape index (κ3) is 16.1. The van der Waals surface area contributed by atoms with Crippen LogP contribution in [0.5, 0.6) is 0 Å². The van der Waals surface area contributed by atoms with Crippen molar-refractivity contribution in [2.75, 3.05) is 12.3 Å². The minimum atomic E-state index is -3.38. The Morgan fingerprint density at radius 2 is 1.19 bits per heavy atom. The highest BCUT2D eigenvalue weighted by molar-refractivity contribution is 7.86. The third-order valence-electron chi connectivity index (χ3n) is 3.57. The number of hydrogen-bond acceptors (Lipinski definition) is 4. The number of hydroxylamine groups is 1. The Balaban J connectivity index is 3.32. The van der Waals surface area contributed by atoms with Crippen LogP contribution >= 0.6 is 0 Å². The summed E-state index contributed by atoms with van der Waals surface area (Å²) >= 11 is 0. The van der Waals surface area contributed by atoms with Gasteiger partial charge in [0.15, 0.2) is 0 Å². The second-order valence-electron chi connectivity index (χ2n) is 5.78. The maximum absolute atomic E-state index is 11.5. The zero-order valence-corrected chi connectivity index (χ0v) is 14.8. The molecule has 0 aliphatic carbocycles. The molecule has 0 aliphatic heterocycles. The highest BCUT2D eigenvalue weighted by Crippen LogP contribution is 2.11. The van der Waals surface area contributed by atoms with Gasteiger partial charge in [-0.3, -0.25) is 0 Å². The Kier molecular flexibility index (Phi) is 14.7. The van der Waals surface area contributed by atoms with Crippen molar-refractivity contribution in [3.8, 4) is 0 Å². The van der Waals surface area contributed by atoms with Crippen LogP contribution in [0.4, 0.5) is 0 Å². The molecule has 0 unspecified atom stereocenters. The first-order valence-corrected chi connectivity index (χ1v) is 10.3. The quantitative estimate of drug-likeness (QED) is 0.334. The molecule has 0 bridgehead atoms. The van der Waals surface area contributed by atoms with Crippen molar-refractivity contribution in [3.63, 3.8) is 0 Å². The molecule has 5 heteroatoms. The van der Waals surface area contributed by atoms with E-state index in [4.69, 9.17) is 4.28 Å². The van der Waals surface area contributed by atoms with Crippen molar-refractivity contribution in [2.45, 2.75) is 90.9 Å². The van der Waals surface area contributed by atoms with Gasteiger partial charge in [0.25, 0.3) is 10.1 Å². The molecule has 0 spiro atoms. The number of hydrogen-bond donors (Lipinski definition) is 1. The predicted octanol–water partition coefficient (Wildman–Crippen LogP) is 4.56. The van der Waals surface area contributed by atoms with E-state index in [1.165, 1.54) is 44.9 Å². The Bertz CT molecular complexity index is 305. The van der Waals surface area contributed by atoms with E-state index in [0.29, 0.717) is 13.0 Å². The second kappa shape index (κ2) is 14.8. The van der Waals surface area contributed by atoms with Crippen molar-refractivity contribution in [1.82, 2.24) is 5.48 Å². The maximum Gasteiger partial charge on any atom is 0.283 e. The van der Waals surface area contributed by atoms with Gasteiger partial charge in [-0.1, -0.05) is 78.1 Å². The fourth-order valence-corrected chi connectivity index (χ4v) is 3.09. The molecular weight excluding hydrogens is 286 g/mol. The second-order valence-corrected chi connectivity index (χ2v) is 7.47. The van der Waals surface area contributed by atoms with Crippen LogP contribution in [0, 0.1) is 0 Å². The van der Waals surface area contributed by atoms with Gasteiger partial charge in [0, 0.05) is 6.54 Å². The highest BCUT2D eigenvalue weighted by Gasteiger charge is 2.10. The van der Waals surface area contributed by atoms with Crippen molar-refractivity contribution >= 4 is 10.1 Å². The van der Waals surface area contributed by atoms with E-state index in [1.54, 1.807) is 0 Å². The molecule has 0 atom stereocenters. The van der Waals surface area contributed by atoms with E-state index in [9.17, 15) is 8.42 Å². The molecular formula is C16H35NO3S. The number of unbranched alkanes of at least 4 members (excludes halogenated alkanes) is 10. The predicted molar refractivity (Wildman–Crippen MR) is 89.6 cm³/mol. The molecule has 0 radical (unpaired) electrons. The van der Waals surface area contributed by atoms with E-state index in [2.05, 4.69) is 19.3 Å². The van der Waals surface area contributed by atoms with E-state index in [1.807, 2.05) is 0 Å². The molecule has 0 aromatic carbocycles. The van der Waals surface area contributed by atoms with Crippen LogP contribution in [0.15, 0.2) is 0 Å². The fourth-order valence-electron chi connectivity index (χ4n) is 2.19. The monoisotopic (exact) mass is 321 g/mol. The van der Waals surface area contributed by atoms with Gasteiger partial charge in [-0.25, -0.2) is 0 Å². The molecule has 0 fully saturated rings. The summed E-state index contributed by atoms with van der Waals surface area (Å²) in [6.45, 7) is 4.88. The molecule has 0 aliphatic rings. The Labute approximate surface area is 132 Å². The SMILES string of the molecule is CCCCCCCCCCCCS(=O)(=O)ONCCCC. The minimum absolute atomic E-state index is 0.128. The van der Waals surface area contributed by atoms with Crippen LogP contribution in [0.3, 0.4) is 0 Å². The molecule has 21 heavy (non-hydrogen) atoms. The molecule has 0 amide bonds. The average Bonchev–Trinajstić information content (AvgIpc) is 2.45. The summed E-state index contributed by atoms with van der Waals surface area (Å²) in [5.74, 6) is 0.128. The minimum Gasteiger partial charge on any atom is -0.198 e. The Hall–Kier alpha value is -0.130.